The summed E-state index contributed by atoms with van der Waals surface area (Å²) in [5.74, 6) is -0.109. The molecule has 5 atom stereocenters. The summed E-state index contributed by atoms with van der Waals surface area (Å²) in [5.41, 5.74) is 3.99. The van der Waals surface area contributed by atoms with E-state index in [1.54, 1.807) is 0 Å². The van der Waals surface area contributed by atoms with Gasteiger partial charge in [0.05, 0.1) is 0 Å². The molecule has 0 saturated heterocycles. The predicted molar refractivity (Wildman–Crippen MR) is 188 cm³/mol. The van der Waals surface area contributed by atoms with Crippen molar-refractivity contribution in [3.05, 3.63) is 189 Å². The van der Waals surface area contributed by atoms with Crippen LogP contribution in [0.2, 0.25) is 0 Å². The van der Waals surface area contributed by atoms with E-state index in [0.29, 0.717) is 0 Å². The van der Waals surface area contributed by atoms with E-state index < -0.39 is 16.4 Å². The van der Waals surface area contributed by atoms with Gasteiger partial charge in [-0.05, 0) is 29.5 Å². The SMILES string of the molecule is CCC1(c2ccccc2)[N+]#CC(CC)(c2ccccc2)C(CC)(c2ccccc2)C#[N+]C(c2ccccc2)C1c1ccccc1. The molecule has 0 bridgehead atoms. The van der Waals surface area contributed by atoms with Crippen molar-refractivity contribution in [3.8, 4) is 12.1 Å². The van der Waals surface area contributed by atoms with E-state index in [9.17, 15) is 0 Å². The van der Waals surface area contributed by atoms with Crippen molar-refractivity contribution < 1.29 is 0 Å². The van der Waals surface area contributed by atoms with E-state index >= 15 is 0 Å². The highest BCUT2D eigenvalue weighted by Crippen LogP contribution is 2.55. The maximum atomic E-state index is 5.82. The number of hydrogen-bond acceptors (Lipinski definition) is 0. The van der Waals surface area contributed by atoms with Crippen LogP contribution in [0.1, 0.15) is 79.8 Å². The average molecular weight is 587 g/mol. The van der Waals surface area contributed by atoms with Gasteiger partial charge in [0.1, 0.15) is 0 Å². The molecule has 5 aromatic rings. The fraction of sp³-hybridized carbons (Fsp3) is 0.256. The molecule has 0 N–H and O–H groups in total. The summed E-state index contributed by atoms with van der Waals surface area (Å²) in [6.07, 6.45) is 2.35. The van der Waals surface area contributed by atoms with Crippen LogP contribution in [0.4, 0.5) is 0 Å². The molecule has 6 rings (SSSR count). The summed E-state index contributed by atoms with van der Waals surface area (Å²) in [6, 6.07) is 61.7. The average Bonchev–Trinajstić information content (AvgIpc) is 3.18. The molecule has 2 heteroatoms. The van der Waals surface area contributed by atoms with Crippen LogP contribution in [0.5, 0.6) is 0 Å². The second-order valence-electron chi connectivity index (χ2n) is 12.1. The van der Waals surface area contributed by atoms with E-state index in [-0.39, 0.29) is 12.0 Å². The van der Waals surface area contributed by atoms with Crippen LogP contribution < -0.4 is 0 Å². The Morgan fingerprint density at radius 2 is 0.867 bits per heavy atom. The Morgan fingerprint density at radius 1 is 0.467 bits per heavy atom. The summed E-state index contributed by atoms with van der Waals surface area (Å²) >= 11 is 0. The Bertz CT molecular complexity index is 1810. The van der Waals surface area contributed by atoms with Crippen molar-refractivity contribution in [2.45, 2.75) is 68.4 Å². The van der Waals surface area contributed by atoms with Crippen molar-refractivity contribution >= 4 is 0 Å². The van der Waals surface area contributed by atoms with Crippen molar-refractivity contribution in [2.75, 3.05) is 0 Å². The van der Waals surface area contributed by atoms with Crippen molar-refractivity contribution in [1.29, 1.82) is 0 Å². The largest absolute Gasteiger partial charge is 0.320 e. The molecule has 0 aromatic heterocycles. The zero-order valence-corrected chi connectivity index (χ0v) is 26.6. The van der Waals surface area contributed by atoms with Gasteiger partial charge in [-0.2, -0.15) is 0 Å². The lowest BCUT2D eigenvalue weighted by atomic mass is 9.56. The zero-order chi connectivity index (χ0) is 31.2. The van der Waals surface area contributed by atoms with Crippen LogP contribution >= 0.6 is 0 Å². The molecule has 2 nitrogen and oxygen atoms in total. The molecule has 1 heterocycles. The minimum atomic E-state index is -0.649. The lowest BCUT2D eigenvalue weighted by molar-refractivity contribution is 0.330. The smallest absolute Gasteiger partial charge is 0.0730 e. The maximum Gasteiger partial charge on any atom is 0.320 e. The van der Waals surface area contributed by atoms with Crippen LogP contribution in [-0.2, 0) is 16.4 Å². The van der Waals surface area contributed by atoms with E-state index in [4.69, 9.17) is 9.69 Å². The monoisotopic (exact) mass is 586 g/mol. The van der Waals surface area contributed by atoms with Gasteiger partial charge in [0.25, 0.3) is 12.1 Å². The van der Waals surface area contributed by atoms with Crippen molar-refractivity contribution in [1.82, 2.24) is 0 Å². The third-order valence-electron chi connectivity index (χ3n) is 10.1. The molecule has 0 radical (unpaired) electrons. The molecule has 0 amide bonds. The lowest BCUT2D eigenvalue weighted by Crippen LogP contribution is -2.47. The number of nitrogens with zero attached hydrogens (tertiary/aromatic N) is 2. The Balaban J connectivity index is 1.82. The zero-order valence-electron chi connectivity index (χ0n) is 26.6. The standard InChI is InChI=1S/C43H42N2/c1-4-41(36-26-16-9-17-27-36)32-44-40(35-24-14-8-15-25-35)39(34-22-12-7-13-23-34)43(6-3,38-30-20-11-21-31-38)45-33-42(41,5-2)37-28-18-10-19-29-37/h7-31,39-40H,4-6H2,1-3H3/q+2. The number of hydrogen-bond donors (Lipinski definition) is 0. The molecule has 1 aliphatic rings. The summed E-state index contributed by atoms with van der Waals surface area (Å²) in [5, 5.41) is 0. The van der Waals surface area contributed by atoms with E-state index in [0.717, 1.165) is 24.8 Å². The molecular formula is C43H42N2+2. The third kappa shape index (κ3) is 5.16. The quantitative estimate of drug-likeness (QED) is 0.171. The van der Waals surface area contributed by atoms with Gasteiger partial charge < -0.3 is 0 Å². The Kier molecular flexibility index (Phi) is 8.69. The van der Waals surface area contributed by atoms with Crippen LogP contribution in [0, 0.1) is 12.1 Å². The fourth-order valence-electron chi connectivity index (χ4n) is 7.72. The van der Waals surface area contributed by atoms with Crippen LogP contribution in [0.25, 0.3) is 9.69 Å². The molecule has 0 spiro atoms. The first-order chi connectivity index (χ1) is 22.1. The summed E-state index contributed by atoms with van der Waals surface area (Å²) in [4.78, 5) is 11.5. The summed E-state index contributed by atoms with van der Waals surface area (Å²) in [7, 11) is 0. The highest BCUT2D eigenvalue weighted by Gasteiger charge is 2.63. The van der Waals surface area contributed by atoms with Crippen molar-refractivity contribution in [3.63, 3.8) is 0 Å². The topological polar surface area (TPSA) is 8.72 Å². The van der Waals surface area contributed by atoms with Gasteiger partial charge in [0.2, 0.25) is 0 Å². The Morgan fingerprint density at radius 3 is 1.31 bits per heavy atom. The summed E-state index contributed by atoms with van der Waals surface area (Å²) < 4.78 is 0. The molecule has 0 saturated carbocycles. The number of rotatable bonds is 8. The highest BCUT2D eigenvalue weighted by atomic mass is 14.9. The van der Waals surface area contributed by atoms with E-state index in [2.05, 4.69) is 185 Å². The van der Waals surface area contributed by atoms with Gasteiger partial charge in [0, 0.05) is 17.5 Å². The highest BCUT2D eigenvalue weighted by molar-refractivity contribution is 5.54. The summed E-state index contributed by atoms with van der Waals surface area (Å²) in [6.45, 7) is 6.79. The molecule has 1 aliphatic heterocycles. The van der Waals surface area contributed by atoms with Gasteiger partial charge in [-0.25, -0.2) is 0 Å². The van der Waals surface area contributed by atoms with Gasteiger partial charge >= 0.3 is 11.6 Å². The Labute approximate surface area is 269 Å². The van der Waals surface area contributed by atoms with Crippen LogP contribution in [0.15, 0.2) is 152 Å². The number of benzene rings is 5. The van der Waals surface area contributed by atoms with E-state index in [1.165, 1.54) is 22.3 Å². The van der Waals surface area contributed by atoms with Gasteiger partial charge in [-0.3, -0.25) is 0 Å². The van der Waals surface area contributed by atoms with Gasteiger partial charge in [0.15, 0.2) is 16.7 Å². The molecule has 0 fully saturated rings. The second kappa shape index (κ2) is 13.0. The molecule has 222 valence electrons. The van der Waals surface area contributed by atoms with Crippen LogP contribution in [0.3, 0.4) is 0 Å². The fourth-order valence-corrected chi connectivity index (χ4v) is 7.72. The molecule has 5 aromatic carbocycles. The maximum absolute atomic E-state index is 5.82. The van der Waals surface area contributed by atoms with Gasteiger partial charge in [-0.15, -0.1) is 0 Å². The third-order valence-corrected chi connectivity index (χ3v) is 10.1. The van der Waals surface area contributed by atoms with Crippen LogP contribution in [-0.4, -0.2) is 0 Å². The lowest BCUT2D eigenvalue weighted by Gasteiger charge is -2.37. The molecule has 0 aliphatic carbocycles. The predicted octanol–water partition coefficient (Wildman–Crippen LogP) is 11.2. The van der Waals surface area contributed by atoms with Gasteiger partial charge in [-0.1, -0.05) is 182 Å². The molecule has 45 heavy (non-hydrogen) atoms. The van der Waals surface area contributed by atoms with Crippen molar-refractivity contribution in [2.24, 2.45) is 0 Å². The minimum absolute atomic E-state index is 0.109. The Hall–Kier alpha value is -4.92. The first kappa shape index (κ1) is 30.1. The minimum Gasteiger partial charge on any atom is -0.0730 e. The van der Waals surface area contributed by atoms with E-state index in [1.807, 2.05) is 0 Å². The first-order valence-electron chi connectivity index (χ1n) is 16.4. The normalized spacial score (nSPS) is 25.8. The molecule has 5 unspecified atom stereocenters. The molecular weight excluding hydrogens is 544 g/mol. The second-order valence-corrected chi connectivity index (χ2v) is 12.1. The first-order valence-corrected chi connectivity index (χ1v) is 16.4.